The number of methoxy groups -OCH3 is 1. The van der Waals surface area contributed by atoms with Gasteiger partial charge in [-0.3, -0.25) is 4.79 Å². The van der Waals surface area contributed by atoms with Crippen LogP contribution < -0.4 is 15.2 Å². The van der Waals surface area contributed by atoms with Gasteiger partial charge in [-0.25, -0.2) is 4.98 Å². The van der Waals surface area contributed by atoms with Crippen molar-refractivity contribution in [2.45, 2.75) is 32.1 Å². The van der Waals surface area contributed by atoms with Gasteiger partial charge >= 0.3 is 0 Å². The number of Topliss-reactive ketones (excluding diaryl/α,β-unsaturated/α-hetero) is 1. The monoisotopic (exact) mass is 453 g/mol. The highest BCUT2D eigenvalue weighted by Crippen LogP contribution is 2.47. The average Bonchev–Trinajstić information content (AvgIpc) is 2.84. The summed E-state index contributed by atoms with van der Waals surface area (Å²) in [4.78, 5) is 17.8. The maximum atomic E-state index is 13.1. The summed E-state index contributed by atoms with van der Waals surface area (Å²) in [6, 6.07) is 17.2. The van der Waals surface area contributed by atoms with Gasteiger partial charge in [-0.05, 0) is 49.7 Å². The Morgan fingerprint density at radius 1 is 1.12 bits per heavy atom. The fourth-order valence-electron chi connectivity index (χ4n) is 4.45. The first-order valence-corrected chi connectivity index (χ1v) is 11.1. The van der Waals surface area contributed by atoms with Crippen LogP contribution in [0.3, 0.4) is 0 Å². The van der Waals surface area contributed by atoms with Crippen molar-refractivity contribution in [1.82, 2.24) is 4.98 Å². The second-order valence-corrected chi connectivity index (χ2v) is 8.39. The van der Waals surface area contributed by atoms with E-state index < -0.39 is 5.92 Å². The standard InChI is InChI=1S/C27H23N3O4/c1-15-6-8-17(9-7-15)33-27-19(13-16-12-18(32-2)10-11-21(16)30-27)24-20(14-28)26(29)34-23-5-3-4-22(31)25(23)24/h6-13,24H,3-5,29H2,1-2H3. The highest BCUT2D eigenvalue weighted by Gasteiger charge is 2.40. The van der Waals surface area contributed by atoms with Crippen molar-refractivity contribution in [3.8, 4) is 23.4 Å². The summed E-state index contributed by atoms with van der Waals surface area (Å²) in [7, 11) is 1.60. The van der Waals surface area contributed by atoms with Crippen LogP contribution in [0.1, 0.15) is 36.3 Å². The molecular weight excluding hydrogens is 430 g/mol. The summed E-state index contributed by atoms with van der Waals surface area (Å²) in [5.41, 5.74) is 9.15. The van der Waals surface area contributed by atoms with Gasteiger partial charge in [0.2, 0.25) is 11.8 Å². The Morgan fingerprint density at radius 3 is 2.62 bits per heavy atom. The number of ether oxygens (including phenoxy) is 3. The average molecular weight is 453 g/mol. The van der Waals surface area contributed by atoms with Gasteiger partial charge in [0.25, 0.3) is 0 Å². The number of hydrogen-bond acceptors (Lipinski definition) is 7. The van der Waals surface area contributed by atoms with Crippen molar-refractivity contribution in [1.29, 1.82) is 5.26 Å². The molecule has 1 atom stereocenters. The van der Waals surface area contributed by atoms with Crippen LogP contribution in [0.2, 0.25) is 0 Å². The number of fused-ring (bicyclic) bond motifs is 1. The predicted octanol–water partition coefficient (Wildman–Crippen LogP) is 5.16. The van der Waals surface area contributed by atoms with E-state index in [1.54, 1.807) is 7.11 Å². The van der Waals surface area contributed by atoms with E-state index in [-0.39, 0.29) is 17.2 Å². The van der Waals surface area contributed by atoms with E-state index in [9.17, 15) is 10.1 Å². The zero-order valence-electron chi connectivity index (χ0n) is 18.9. The minimum atomic E-state index is -0.731. The lowest BCUT2D eigenvalue weighted by Gasteiger charge is -2.31. The number of benzene rings is 2. The van der Waals surface area contributed by atoms with Gasteiger partial charge in [0, 0.05) is 29.4 Å². The molecule has 2 heterocycles. The minimum absolute atomic E-state index is 0.00738. The number of nitrogens with two attached hydrogens (primary N) is 1. The van der Waals surface area contributed by atoms with Gasteiger partial charge in [0.1, 0.15) is 28.9 Å². The first-order valence-electron chi connectivity index (χ1n) is 11.1. The topological polar surface area (TPSA) is 107 Å². The molecule has 7 heteroatoms. The number of nitrogens with zero attached hydrogens (tertiary/aromatic N) is 2. The summed E-state index contributed by atoms with van der Waals surface area (Å²) < 4.78 is 17.3. The summed E-state index contributed by atoms with van der Waals surface area (Å²) >= 11 is 0. The number of allylic oxidation sites excluding steroid dienone is 3. The van der Waals surface area contributed by atoms with E-state index in [0.717, 1.165) is 10.9 Å². The molecule has 2 N–H and O–H groups in total. The van der Waals surface area contributed by atoms with Gasteiger partial charge in [-0.2, -0.15) is 5.26 Å². The van der Waals surface area contributed by atoms with Crippen LogP contribution in [0.25, 0.3) is 10.9 Å². The van der Waals surface area contributed by atoms with Gasteiger partial charge in [-0.1, -0.05) is 17.7 Å². The van der Waals surface area contributed by atoms with E-state index >= 15 is 0 Å². The summed E-state index contributed by atoms with van der Waals surface area (Å²) in [5, 5.41) is 10.8. The van der Waals surface area contributed by atoms with Gasteiger partial charge in [0.05, 0.1) is 18.5 Å². The Labute approximate surface area is 197 Å². The molecule has 3 aromatic rings. The molecule has 0 fully saturated rings. The number of rotatable bonds is 4. The minimum Gasteiger partial charge on any atom is -0.497 e. The van der Waals surface area contributed by atoms with E-state index in [1.807, 2.05) is 55.5 Å². The third-order valence-corrected chi connectivity index (χ3v) is 6.17. The fraction of sp³-hybridized carbons (Fsp3) is 0.222. The molecule has 5 rings (SSSR count). The Kier molecular flexibility index (Phi) is 5.42. The maximum Gasteiger partial charge on any atom is 0.224 e. The number of carbonyl (C=O) groups is 1. The molecule has 1 aromatic heterocycles. The second kappa shape index (κ2) is 8.56. The molecule has 170 valence electrons. The first-order chi connectivity index (χ1) is 16.5. The lowest BCUT2D eigenvalue weighted by Crippen LogP contribution is -2.27. The first kappa shape index (κ1) is 21.5. The maximum absolute atomic E-state index is 13.1. The number of aromatic nitrogens is 1. The Bertz CT molecular complexity index is 1410. The number of carbonyl (C=O) groups excluding carboxylic acids is 1. The molecule has 0 spiro atoms. The molecule has 0 saturated carbocycles. The van der Waals surface area contributed by atoms with Crippen LogP contribution in [0.4, 0.5) is 0 Å². The largest absolute Gasteiger partial charge is 0.497 e. The second-order valence-electron chi connectivity index (χ2n) is 8.39. The van der Waals surface area contributed by atoms with Crippen molar-refractivity contribution in [3.05, 3.63) is 82.4 Å². The van der Waals surface area contributed by atoms with Crippen molar-refractivity contribution in [2.75, 3.05) is 7.11 Å². The van der Waals surface area contributed by atoms with E-state index in [2.05, 4.69) is 6.07 Å². The number of pyridine rings is 1. The normalized spacial score (nSPS) is 17.8. The quantitative estimate of drug-likeness (QED) is 0.581. The van der Waals surface area contributed by atoms with Crippen molar-refractivity contribution in [3.63, 3.8) is 0 Å². The highest BCUT2D eigenvalue weighted by atomic mass is 16.5. The molecular formula is C27H23N3O4. The predicted molar refractivity (Wildman–Crippen MR) is 126 cm³/mol. The molecule has 2 aliphatic rings. The molecule has 34 heavy (non-hydrogen) atoms. The van der Waals surface area contributed by atoms with Crippen molar-refractivity contribution < 1.29 is 19.0 Å². The molecule has 2 aromatic carbocycles. The Morgan fingerprint density at radius 2 is 1.88 bits per heavy atom. The zero-order chi connectivity index (χ0) is 23.8. The zero-order valence-corrected chi connectivity index (χ0v) is 18.9. The molecule has 0 saturated heterocycles. The number of aryl methyl sites for hydroxylation is 1. The Balaban J connectivity index is 1.75. The summed E-state index contributed by atoms with van der Waals surface area (Å²) in [5.74, 6) is 1.31. The third-order valence-electron chi connectivity index (χ3n) is 6.17. The van der Waals surface area contributed by atoms with Gasteiger partial charge in [0.15, 0.2) is 5.78 Å². The third kappa shape index (κ3) is 3.73. The Hall–Kier alpha value is -4.31. The summed E-state index contributed by atoms with van der Waals surface area (Å²) in [6.45, 7) is 1.99. The van der Waals surface area contributed by atoms with Crippen LogP contribution in [-0.4, -0.2) is 17.9 Å². The van der Waals surface area contributed by atoms with Crippen LogP contribution >= 0.6 is 0 Å². The fourth-order valence-corrected chi connectivity index (χ4v) is 4.45. The summed E-state index contributed by atoms with van der Waals surface area (Å²) in [6.07, 6.45) is 1.65. The van der Waals surface area contributed by atoms with Crippen LogP contribution in [0, 0.1) is 18.3 Å². The van der Waals surface area contributed by atoms with Crippen LogP contribution in [0.15, 0.2) is 71.3 Å². The number of nitriles is 1. The smallest absolute Gasteiger partial charge is 0.224 e. The molecule has 1 unspecified atom stereocenters. The van der Waals surface area contributed by atoms with E-state index in [0.29, 0.717) is 59.1 Å². The lowest BCUT2D eigenvalue weighted by atomic mass is 9.77. The van der Waals surface area contributed by atoms with E-state index in [1.165, 1.54) is 0 Å². The van der Waals surface area contributed by atoms with Crippen LogP contribution in [0.5, 0.6) is 17.4 Å². The number of ketones is 1. The molecule has 0 amide bonds. The van der Waals surface area contributed by atoms with Crippen molar-refractivity contribution >= 4 is 16.7 Å². The highest BCUT2D eigenvalue weighted by molar-refractivity contribution is 6.00. The molecule has 0 bridgehead atoms. The van der Waals surface area contributed by atoms with E-state index in [4.69, 9.17) is 24.9 Å². The van der Waals surface area contributed by atoms with Crippen molar-refractivity contribution in [2.24, 2.45) is 5.73 Å². The molecule has 7 nitrogen and oxygen atoms in total. The lowest BCUT2D eigenvalue weighted by molar-refractivity contribution is -0.116. The SMILES string of the molecule is COc1ccc2nc(Oc3ccc(C)cc3)c(C3C(C#N)=C(N)OC4=C3C(=O)CCC4)cc2c1. The van der Waals surface area contributed by atoms with Crippen LogP contribution in [-0.2, 0) is 9.53 Å². The van der Waals surface area contributed by atoms with Gasteiger partial charge < -0.3 is 19.9 Å². The number of hydrogen-bond donors (Lipinski definition) is 1. The molecule has 1 aliphatic heterocycles. The van der Waals surface area contributed by atoms with Gasteiger partial charge in [-0.15, -0.1) is 0 Å². The molecule has 1 aliphatic carbocycles. The molecule has 0 radical (unpaired) electrons.